The molecule has 0 aromatic carbocycles. The first-order chi connectivity index (χ1) is 9.38. The highest BCUT2D eigenvalue weighted by molar-refractivity contribution is 5.85. The van der Waals surface area contributed by atoms with Crippen molar-refractivity contribution in [3.05, 3.63) is 0 Å². The van der Waals surface area contributed by atoms with Crippen molar-refractivity contribution in [2.45, 2.75) is 63.5 Å². The van der Waals surface area contributed by atoms with E-state index in [-0.39, 0.29) is 24.8 Å². The van der Waals surface area contributed by atoms with Gasteiger partial charge in [-0.05, 0) is 64.1 Å². The van der Waals surface area contributed by atoms with Gasteiger partial charge in [0.2, 0.25) is 0 Å². The van der Waals surface area contributed by atoms with Crippen LogP contribution in [0.15, 0.2) is 0 Å². The van der Waals surface area contributed by atoms with Gasteiger partial charge in [0.05, 0.1) is 6.61 Å². The van der Waals surface area contributed by atoms with Crippen molar-refractivity contribution in [1.82, 2.24) is 9.80 Å². The van der Waals surface area contributed by atoms with Crippen molar-refractivity contribution in [3.63, 3.8) is 0 Å². The molecule has 3 atom stereocenters. The Morgan fingerprint density at radius 1 is 0.810 bits per heavy atom. The van der Waals surface area contributed by atoms with Crippen LogP contribution in [0.3, 0.4) is 0 Å². The Morgan fingerprint density at radius 2 is 1.52 bits per heavy atom. The first-order valence-electron chi connectivity index (χ1n) is 8.47. The number of hydrogen-bond donors (Lipinski definition) is 1. The van der Waals surface area contributed by atoms with Crippen LogP contribution in [0.1, 0.15) is 51.4 Å². The third-order valence-corrected chi connectivity index (χ3v) is 5.66. The minimum atomic E-state index is 0. The molecule has 5 heteroatoms. The SMILES string of the molecule is Cl.Cl.OCC1CCCCN1C[C@@H]1CCCN2CCCC[C@H]12. The Hall–Kier alpha value is 0.460. The lowest BCUT2D eigenvalue weighted by atomic mass is 9.82. The van der Waals surface area contributed by atoms with Gasteiger partial charge in [-0.25, -0.2) is 0 Å². The van der Waals surface area contributed by atoms with E-state index in [9.17, 15) is 5.11 Å². The zero-order valence-electron chi connectivity index (χ0n) is 13.1. The smallest absolute Gasteiger partial charge is 0.0586 e. The topological polar surface area (TPSA) is 26.7 Å². The zero-order valence-corrected chi connectivity index (χ0v) is 14.7. The minimum absolute atomic E-state index is 0. The normalized spacial score (nSPS) is 34.4. The van der Waals surface area contributed by atoms with Crippen molar-refractivity contribution in [3.8, 4) is 0 Å². The summed E-state index contributed by atoms with van der Waals surface area (Å²) in [6.07, 6.45) is 10.9. The second-order valence-corrected chi connectivity index (χ2v) is 6.83. The van der Waals surface area contributed by atoms with Gasteiger partial charge in [-0.3, -0.25) is 4.90 Å². The highest BCUT2D eigenvalue weighted by Gasteiger charge is 2.35. The molecule has 0 radical (unpaired) electrons. The van der Waals surface area contributed by atoms with Crippen molar-refractivity contribution >= 4 is 24.8 Å². The fourth-order valence-electron chi connectivity index (χ4n) is 4.60. The largest absolute Gasteiger partial charge is 0.395 e. The van der Waals surface area contributed by atoms with Crippen LogP contribution >= 0.6 is 24.8 Å². The van der Waals surface area contributed by atoms with E-state index in [2.05, 4.69) is 9.80 Å². The average molecular weight is 339 g/mol. The van der Waals surface area contributed by atoms with Crippen LogP contribution in [0.4, 0.5) is 0 Å². The standard InChI is InChI=1S/C16H30N2O.2ClH/c19-13-15-7-1-3-10-18(15)12-14-6-5-11-17-9-4-2-8-16(14)17;;/h14-16,19H,1-13H2;2*1H/t14-,15?,16+;;/m0../s1. The number of fused-ring (bicyclic) bond motifs is 1. The van der Waals surface area contributed by atoms with E-state index in [0.717, 1.165) is 12.0 Å². The maximum absolute atomic E-state index is 9.57. The van der Waals surface area contributed by atoms with E-state index in [4.69, 9.17) is 0 Å². The molecule has 0 aliphatic carbocycles. The highest BCUT2D eigenvalue weighted by Crippen LogP contribution is 2.32. The fraction of sp³-hybridized carbons (Fsp3) is 1.00. The van der Waals surface area contributed by atoms with E-state index < -0.39 is 0 Å². The molecule has 126 valence electrons. The molecule has 0 aromatic heterocycles. The quantitative estimate of drug-likeness (QED) is 0.856. The third kappa shape index (κ3) is 4.71. The lowest BCUT2D eigenvalue weighted by Crippen LogP contribution is -2.53. The summed E-state index contributed by atoms with van der Waals surface area (Å²) in [5, 5.41) is 9.57. The predicted molar refractivity (Wildman–Crippen MR) is 92.7 cm³/mol. The van der Waals surface area contributed by atoms with Gasteiger partial charge in [-0.15, -0.1) is 24.8 Å². The molecule has 3 nitrogen and oxygen atoms in total. The maximum Gasteiger partial charge on any atom is 0.0586 e. The molecule has 3 aliphatic heterocycles. The predicted octanol–water partition coefficient (Wildman–Crippen LogP) is 2.94. The second kappa shape index (κ2) is 9.57. The summed E-state index contributed by atoms with van der Waals surface area (Å²) in [6, 6.07) is 1.30. The lowest BCUT2D eigenvalue weighted by molar-refractivity contribution is 0.0140. The Kier molecular flexibility index (Phi) is 8.89. The number of piperidine rings is 3. The molecular weight excluding hydrogens is 307 g/mol. The summed E-state index contributed by atoms with van der Waals surface area (Å²) < 4.78 is 0. The van der Waals surface area contributed by atoms with Crippen LogP contribution in [0.2, 0.25) is 0 Å². The summed E-state index contributed by atoms with van der Waals surface area (Å²) in [5.74, 6) is 0.862. The molecule has 3 rings (SSSR count). The van der Waals surface area contributed by atoms with Crippen LogP contribution in [-0.2, 0) is 0 Å². The van der Waals surface area contributed by atoms with Gasteiger partial charge in [0, 0.05) is 18.6 Å². The first-order valence-corrected chi connectivity index (χ1v) is 8.47. The molecule has 3 heterocycles. The van der Waals surface area contributed by atoms with Gasteiger partial charge in [0.1, 0.15) is 0 Å². The van der Waals surface area contributed by atoms with Crippen molar-refractivity contribution in [2.75, 3.05) is 32.8 Å². The molecule has 1 N–H and O–H groups in total. The number of nitrogens with zero attached hydrogens (tertiary/aromatic N) is 2. The maximum atomic E-state index is 9.57. The molecule has 0 spiro atoms. The lowest BCUT2D eigenvalue weighted by Gasteiger charge is -2.47. The van der Waals surface area contributed by atoms with Crippen LogP contribution in [0.25, 0.3) is 0 Å². The van der Waals surface area contributed by atoms with E-state index >= 15 is 0 Å². The first kappa shape index (κ1) is 19.5. The summed E-state index contributed by atoms with van der Waals surface area (Å²) in [7, 11) is 0. The van der Waals surface area contributed by atoms with Gasteiger partial charge in [0.25, 0.3) is 0 Å². The molecule has 0 bridgehead atoms. The van der Waals surface area contributed by atoms with Crippen LogP contribution in [0, 0.1) is 5.92 Å². The van der Waals surface area contributed by atoms with Crippen LogP contribution in [0.5, 0.6) is 0 Å². The third-order valence-electron chi connectivity index (χ3n) is 5.66. The molecule has 3 saturated heterocycles. The van der Waals surface area contributed by atoms with E-state index in [1.54, 1.807) is 0 Å². The van der Waals surface area contributed by atoms with Gasteiger partial charge in [-0.1, -0.05) is 12.8 Å². The summed E-state index contributed by atoms with van der Waals surface area (Å²) >= 11 is 0. The Morgan fingerprint density at radius 3 is 2.33 bits per heavy atom. The van der Waals surface area contributed by atoms with Gasteiger partial charge in [-0.2, -0.15) is 0 Å². The van der Waals surface area contributed by atoms with Crippen molar-refractivity contribution < 1.29 is 5.11 Å². The minimum Gasteiger partial charge on any atom is -0.395 e. The Balaban J connectivity index is 0.00000110. The average Bonchev–Trinajstić information content (AvgIpc) is 2.48. The number of halogens is 2. The van der Waals surface area contributed by atoms with Crippen molar-refractivity contribution in [2.24, 2.45) is 5.92 Å². The Bertz CT molecular complexity index is 291. The van der Waals surface area contributed by atoms with Gasteiger partial charge < -0.3 is 10.0 Å². The van der Waals surface area contributed by atoms with Gasteiger partial charge >= 0.3 is 0 Å². The van der Waals surface area contributed by atoms with E-state index in [1.165, 1.54) is 77.5 Å². The summed E-state index contributed by atoms with van der Waals surface area (Å²) in [5.41, 5.74) is 0. The van der Waals surface area contributed by atoms with Crippen LogP contribution in [-0.4, -0.2) is 59.8 Å². The summed E-state index contributed by atoms with van der Waals surface area (Å²) in [6.45, 7) is 5.50. The fourth-order valence-corrected chi connectivity index (χ4v) is 4.60. The molecule has 0 amide bonds. The number of likely N-dealkylation sites (tertiary alicyclic amines) is 1. The number of aliphatic hydroxyl groups is 1. The monoisotopic (exact) mass is 338 g/mol. The molecule has 0 aromatic rings. The van der Waals surface area contributed by atoms with E-state index in [0.29, 0.717) is 12.6 Å². The van der Waals surface area contributed by atoms with Crippen molar-refractivity contribution in [1.29, 1.82) is 0 Å². The zero-order chi connectivity index (χ0) is 13.1. The molecule has 0 saturated carbocycles. The summed E-state index contributed by atoms with van der Waals surface area (Å²) in [4.78, 5) is 5.36. The molecule has 1 unspecified atom stereocenters. The molecule has 3 aliphatic rings. The number of rotatable bonds is 3. The van der Waals surface area contributed by atoms with Crippen LogP contribution < -0.4 is 0 Å². The van der Waals surface area contributed by atoms with Gasteiger partial charge in [0.15, 0.2) is 0 Å². The van der Waals surface area contributed by atoms with E-state index in [1.807, 2.05) is 0 Å². The number of aliphatic hydroxyl groups excluding tert-OH is 1. The highest BCUT2D eigenvalue weighted by atomic mass is 35.5. The number of hydrogen-bond acceptors (Lipinski definition) is 3. The Labute approximate surface area is 142 Å². The molecular formula is C16H32Cl2N2O. The second-order valence-electron chi connectivity index (χ2n) is 6.83. The molecule has 3 fully saturated rings. The molecule has 21 heavy (non-hydrogen) atoms.